The van der Waals surface area contributed by atoms with Crippen LogP contribution in [0.25, 0.3) is 0 Å². The van der Waals surface area contributed by atoms with E-state index in [0.29, 0.717) is 0 Å². The first-order valence-electron chi connectivity index (χ1n) is 6.48. The van der Waals surface area contributed by atoms with Gasteiger partial charge in [0.1, 0.15) is 5.82 Å². The number of imidazole rings is 1. The Kier molecular flexibility index (Phi) is 3.64. The molecule has 1 heterocycles. The molecule has 1 unspecified atom stereocenters. The molecule has 0 aliphatic heterocycles. The Hall–Kier alpha value is -0.830. The van der Waals surface area contributed by atoms with Crippen LogP contribution in [0.5, 0.6) is 0 Å². The van der Waals surface area contributed by atoms with E-state index in [0.717, 1.165) is 37.2 Å². The van der Waals surface area contributed by atoms with E-state index in [1.165, 1.54) is 24.2 Å². The predicted molar refractivity (Wildman–Crippen MR) is 66.3 cm³/mol. The fraction of sp³-hybridized carbons (Fsp3) is 0.769. The van der Waals surface area contributed by atoms with Crippen molar-refractivity contribution in [1.82, 2.24) is 15.3 Å². The number of H-pyrrole nitrogens is 1. The van der Waals surface area contributed by atoms with Gasteiger partial charge in [-0.15, -0.1) is 0 Å². The number of aryl methyl sites for hydroxylation is 1. The molecule has 1 aromatic rings. The third-order valence-electron chi connectivity index (χ3n) is 3.62. The molecule has 0 saturated heterocycles. The summed E-state index contributed by atoms with van der Waals surface area (Å²) in [5.41, 5.74) is 2.70. The Morgan fingerprint density at radius 2 is 2.31 bits per heavy atom. The van der Waals surface area contributed by atoms with E-state index < -0.39 is 0 Å². The molecule has 0 saturated carbocycles. The van der Waals surface area contributed by atoms with Gasteiger partial charge in [0, 0.05) is 5.69 Å². The van der Waals surface area contributed by atoms with E-state index in [1.807, 2.05) is 0 Å². The molecule has 0 amide bonds. The molecule has 1 atom stereocenters. The van der Waals surface area contributed by atoms with Crippen LogP contribution in [0.3, 0.4) is 0 Å². The van der Waals surface area contributed by atoms with Crippen molar-refractivity contribution in [1.29, 1.82) is 0 Å². The van der Waals surface area contributed by atoms with Gasteiger partial charge < -0.3 is 10.3 Å². The monoisotopic (exact) mass is 221 g/mol. The van der Waals surface area contributed by atoms with Crippen molar-refractivity contribution in [2.75, 3.05) is 6.54 Å². The van der Waals surface area contributed by atoms with Crippen LogP contribution in [-0.4, -0.2) is 16.5 Å². The Labute approximate surface area is 98.1 Å². The van der Waals surface area contributed by atoms with Gasteiger partial charge >= 0.3 is 0 Å². The molecule has 0 fully saturated rings. The SMILES string of the molecule is CCNCc1nc2c([nH]1)CC(C(C)C)CC2. The normalized spacial score (nSPS) is 20.1. The smallest absolute Gasteiger partial charge is 0.120 e. The molecule has 16 heavy (non-hydrogen) atoms. The maximum Gasteiger partial charge on any atom is 0.120 e. The van der Waals surface area contributed by atoms with Crippen LogP contribution < -0.4 is 5.32 Å². The first-order chi connectivity index (χ1) is 7.70. The Bertz CT molecular complexity index is 341. The van der Waals surface area contributed by atoms with Crippen molar-refractivity contribution in [3.05, 3.63) is 17.2 Å². The summed E-state index contributed by atoms with van der Waals surface area (Å²) in [5.74, 6) is 2.73. The van der Waals surface area contributed by atoms with Gasteiger partial charge in [0.2, 0.25) is 0 Å². The standard InChI is InChI=1S/C13H23N3/c1-4-14-8-13-15-11-6-5-10(9(2)3)7-12(11)16-13/h9-10,14H,4-8H2,1-3H3,(H,15,16). The molecule has 2 rings (SSSR count). The molecule has 0 aromatic carbocycles. The summed E-state index contributed by atoms with van der Waals surface area (Å²) in [4.78, 5) is 8.14. The minimum Gasteiger partial charge on any atom is -0.345 e. The van der Waals surface area contributed by atoms with Gasteiger partial charge in [0.25, 0.3) is 0 Å². The van der Waals surface area contributed by atoms with Gasteiger partial charge in [-0.3, -0.25) is 0 Å². The van der Waals surface area contributed by atoms with Crippen molar-refractivity contribution < 1.29 is 0 Å². The number of nitrogens with zero attached hydrogens (tertiary/aromatic N) is 1. The molecule has 0 spiro atoms. The summed E-state index contributed by atoms with van der Waals surface area (Å²) in [6.07, 6.45) is 3.64. The predicted octanol–water partition coefficient (Wildman–Crippen LogP) is 2.28. The summed E-state index contributed by atoms with van der Waals surface area (Å²) in [7, 11) is 0. The Morgan fingerprint density at radius 1 is 1.50 bits per heavy atom. The lowest BCUT2D eigenvalue weighted by Gasteiger charge is -2.24. The van der Waals surface area contributed by atoms with Crippen molar-refractivity contribution in [2.45, 2.75) is 46.6 Å². The van der Waals surface area contributed by atoms with E-state index in [-0.39, 0.29) is 0 Å². The number of nitrogens with one attached hydrogen (secondary N) is 2. The fourth-order valence-corrected chi connectivity index (χ4v) is 2.46. The summed E-state index contributed by atoms with van der Waals surface area (Å²) >= 11 is 0. The van der Waals surface area contributed by atoms with Gasteiger partial charge in [-0.05, 0) is 37.6 Å². The number of fused-ring (bicyclic) bond motifs is 1. The average molecular weight is 221 g/mol. The average Bonchev–Trinajstić information content (AvgIpc) is 2.67. The zero-order valence-electron chi connectivity index (χ0n) is 10.6. The van der Waals surface area contributed by atoms with Crippen LogP contribution in [0, 0.1) is 11.8 Å². The zero-order chi connectivity index (χ0) is 11.5. The maximum absolute atomic E-state index is 4.66. The summed E-state index contributed by atoms with van der Waals surface area (Å²) in [5, 5.41) is 3.31. The minimum absolute atomic E-state index is 0.786. The fourth-order valence-electron chi connectivity index (χ4n) is 2.46. The second kappa shape index (κ2) is 5.00. The summed E-state index contributed by atoms with van der Waals surface area (Å²) in [6.45, 7) is 8.64. The zero-order valence-corrected chi connectivity index (χ0v) is 10.6. The first kappa shape index (κ1) is 11.6. The Balaban J connectivity index is 2.04. The van der Waals surface area contributed by atoms with Crippen molar-refractivity contribution >= 4 is 0 Å². The van der Waals surface area contributed by atoms with Crippen molar-refractivity contribution in [2.24, 2.45) is 11.8 Å². The molecule has 0 radical (unpaired) electrons. The number of hydrogen-bond donors (Lipinski definition) is 2. The molecule has 1 aromatic heterocycles. The highest BCUT2D eigenvalue weighted by molar-refractivity contribution is 5.18. The van der Waals surface area contributed by atoms with Crippen LogP contribution in [0.2, 0.25) is 0 Å². The van der Waals surface area contributed by atoms with Crippen molar-refractivity contribution in [3.63, 3.8) is 0 Å². The van der Waals surface area contributed by atoms with Gasteiger partial charge in [-0.2, -0.15) is 0 Å². The molecule has 1 aliphatic carbocycles. The first-order valence-corrected chi connectivity index (χ1v) is 6.48. The molecular weight excluding hydrogens is 198 g/mol. The topological polar surface area (TPSA) is 40.7 Å². The lowest BCUT2D eigenvalue weighted by Crippen LogP contribution is -2.18. The van der Waals surface area contributed by atoms with E-state index in [2.05, 4.69) is 36.1 Å². The highest BCUT2D eigenvalue weighted by atomic mass is 15.0. The number of hydrogen-bond acceptors (Lipinski definition) is 2. The van der Waals surface area contributed by atoms with Gasteiger partial charge in [-0.25, -0.2) is 4.98 Å². The number of aromatic nitrogens is 2. The molecule has 90 valence electrons. The third-order valence-corrected chi connectivity index (χ3v) is 3.62. The minimum atomic E-state index is 0.786. The van der Waals surface area contributed by atoms with Gasteiger partial charge in [0.05, 0.1) is 12.2 Å². The summed E-state index contributed by atoms with van der Waals surface area (Å²) < 4.78 is 0. The summed E-state index contributed by atoms with van der Waals surface area (Å²) in [6, 6.07) is 0. The van der Waals surface area contributed by atoms with Crippen LogP contribution in [0.4, 0.5) is 0 Å². The lowest BCUT2D eigenvalue weighted by molar-refractivity contribution is 0.338. The second-order valence-electron chi connectivity index (χ2n) is 5.14. The van der Waals surface area contributed by atoms with Gasteiger partial charge in [0.15, 0.2) is 0 Å². The lowest BCUT2D eigenvalue weighted by atomic mass is 9.82. The molecule has 3 nitrogen and oxygen atoms in total. The second-order valence-corrected chi connectivity index (χ2v) is 5.14. The van der Waals surface area contributed by atoms with Crippen LogP contribution in [-0.2, 0) is 19.4 Å². The highest BCUT2D eigenvalue weighted by Gasteiger charge is 2.23. The maximum atomic E-state index is 4.66. The molecule has 3 heteroatoms. The van der Waals surface area contributed by atoms with Crippen LogP contribution in [0.15, 0.2) is 0 Å². The molecule has 0 bridgehead atoms. The van der Waals surface area contributed by atoms with E-state index in [4.69, 9.17) is 0 Å². The van der Waals surface area contributed by atoms with Crippen LogP contribution in [0.1, 0.15) is 44.4 Å². The quantitative estimate of drug-likeness (QED) is 0.819. The molecule has 1 aliphatic rings. The molecule has 2 N–H and O–H groups in total. The van der Waals surface area contributed by atoms with E-state index in [1.54, 1.807) is 0 Å². The highest BCUT2D eigenvalue weighted by Crippen LogP contribution is 2.28. The number of rotatable bonds is 4. The molecular formula is C13H23N3. The Morgan fingerprint density at radius 3 is 3.00 bits per heavy atom. The van der Waals surface area contributed by atoms with Crippen LogP contribution >= 0.6 is 0 Å². The van der Waals surface area contributed by atoms with Crippen molar-refractivity contribution in [3.8, 4) is 0 Å². The van der Waals surface area contributed by atoms with E-state index in [9.17, 15) is 0 Å². The third kappa shape index (κ3) is 2.46. The largest absolute Gasteiger partial charge is 0.345 e. The van der Waals surface area contributed by atoms with Gasteiger partial charge in [-0.1, -0.05) is 20.8 Å². The van der Waals surface area contributed by atoms with E-state index >= 15 is 0 Å². The number of aromatic amines is 1.